The average Bonchev–Trinajstić information content (AvgIpc) is 2.98. The van der Waals surface area contributed by atoms with Gasteiger partial charge in [0.15, 0.2) is 0 Å². The molecule has 1 heterocycles. The van der Waals surface area contributed by atoms with Crippen molar-refractivity contribution in [2.75, 3.05) is 26.4 Å². The Morgan fingerprint density at radius 2 is 1.80 bits per heavy atom. The summed E-state index contributed by atoms with van der Waals surface area (Å²) in [7, 11) is 0. The van der Waals surface area contributed by atoms with Crippen molar-refractivity contribution in [3.05, 3.63) is 71.4 Å². The van der Waals surface area contributed by atoms with E-state index in [1.54, 1.807) is 0 Å². The smallest absolute Gasteiger partial charge is 0.0698 e. The Kier molecular flexibility index (Phi) is 6.23. The standard InChI is InChI=1S/C21H26N2O2/c1-17-6-2-3-7-18(17)15-23-16-19(14-22-10-12-25-13-11-24)20-8-4-5-9-21(20)23/h2-9,16,22,24H,10-15H2,1H3. The Morgan fingerprint density at radius 1 is 1.00 bits per heavy atom. The predicted octanol–water partition coefficient (Wildman–Crippen LogP) is 3.10. The van der Waals surface area contributed by atoms with E-state index in [9.17, 15) is 0 Å². The average molecular weight is 338 g/mol. The molecule has 0 saturated carbocycles. The van der Waals surface area contributed by atoms with Crippen molar-refractivity contribution in [3.8, 4) is 0 Å². The molecule has 132 valence electrons. The minimum Gasteiger partial charge on any atom is -0.394 e. The third-order valence-electron chi connectivity index (χ3n) is 4.45. The van der Waals surface area contributed by atoms with Gasteiger partial charge in [0.05, 0.1) is 19.8 Å². The van der Waals surface area contributed by atoms with Crippen LogP contribution in [0.4, 0.5) is 0 Å². The minimum atomic E-state index is 0.0758. The van der Waals surface area contributed by atoms with Gasteiger partial charge in [-0.3, -0.25) is 0 Å². The van der Waals surface area contributed by atoms with Crippen LogP contribution < -0.4 is 5.32 Å². The molecule has 4 heteroatoms. The topological polar surface area (TPSA) is 46.4 Å². The molecule has 2 aromatic carbocycles. The molecule has 0 atom stereocenters. The van der Waals surface area contributed by atoms with Crippen LogP contribution in [0.25, 0.3) is 10.9 Å². The number of ether oxygens (including phenoxy) is 1. The summed E-state index contributed by atoms with van der Waals surface area (Å²) in [6, 6.07) is 17.1. The van der Waals surface area contributed by atoms with E-state index < -0.39 is 0 Å². The lowest BCUT2D eigenvalue weighted by Gasteiger charge is -2.08. The molecule has 3 aromatic rings. The first-order valence-electron chi connectivity index (χ1n) is 8.80. The highest BCUT2D eigenvalue weighted by Crippen LogP contribution is 2.23. The van der Waals surface area contributed by atoms with E-state index in [0.717, 1.165) is 19.6 Å². The van der Waals surface area contributed by atoms with Crippen LogP contribution in [0, 0.1) is 6.92 Å². The maximum atomic E-state index is 8.71. The van der Waals surface area contributed by atoms with Crippen LogP contribution >= 0.6 is 0 Å². The Balaban J connectivity index is 1.73. The first-order chi connectivity index (χ1) is 12.3. The summed E-state index contributed by atoms with van der Waals surface area (Å²) in [4.78, 5) is 0. The van der Waals surface area contributed by atoms with Gasteiger partial charge in [0.1, 0.15) is 0 Å². The van der Waals surface area contributed by atoms with E-state index in [4.69, 9.17) is 9.84 Å². The maximum absolute atomic E-state index is 8.71. The Hall–Kier alpha value is -2.14. The van der Waals surface area contributed by atoms with Gasteiger partial charge in [0, 0.05) is 36.7 Å². The molecule has 0 aliphatic heterocycles. The van der Waals surface area contributed by atoms with Crippen LogP contribution in [0.2, 0.25) is 0 Å². The van der Waals surface area contributed by atoms with E-state index in [-0.39, 0.29) is 6.61 Å². The number of aromatic nitrogens is 1. The van der Waals surface area contributed by atoms with Crippen LogP contribution in [0.3, 0.4) is 0 Å². The van der Waals surface area contributed by atoms with Gasteiger partial charge in [0.25, 0.3) is 0 Å². The summed E-state index contributed by atoms with van der Waals surface area (Å²) in [6.45, 7) is 5.72. The summed E-state index contributed by atoms with van der Waals surface area (Å²) < 4.78 is 7.62. The molecule has 0 amide bonds. The zero-order valence-electron chi connectivity index (χ0n) is 14.7. The molecule has 0 fully saturated rings. The molecular formula is C21H26N2O2. The van der Waals surface area contributed by atoms with Crippen LogP contribution in [-0.2, 0) is 17.8 Å². The Labute approximate surface area is 149 Å². The lowest BCUT2D eigenvalue weighted by atomic mass is 10.1. The summed E-state index contributed by atoms with van der Waals surface area (Å²) in [6.07, 6.45) is 2.25. The number of benzene rings is 2. The van der Waals surface area contributed by atoms with Crippen LogP contribution in [0.5, 0.6) is 0 Å². The van der Waals surface area contributed by atoms with Crippen LogP contribution in [0.1, 0.15) is 16.7 Å². The second-order valence-corrected chi connectivity index (χ2v) is 6.24. The summed E-state index contributed by atoms with van der Waals surface area (Å²) in [5.41, 5.74) is 5.23. The largest absolute Gasteiger partial charge is 0.394 e. The fourth-order valence-electron chi connectivity index (χ4n) is 3.10. The number of nitrogens with zero attached hydrogens (tertiary/aromatic N) is 1. The van der Waals surface area contributed by atoms with Gasteiger partial charge in [-0.15, -0.1) is 0 Å². The van der Waals surface area contributed by atoms with Crippen molar-refractivity contribution in [2.24, 2.45) is 0 Å². The quantitative estimate of drug-likeness (QED) is 0.589. The second kappa shape index (κ2) is 8.81. The van der Waals surface area contributed by atoms with Gasteiger partial charge in [-0.2, -0.15) is 0 Å². The number of rotatable bonds is 9. The summed E-state index contributed by atoms with van der Waals surface area (Å²) in [5.74, 6) is 0. The van der Waals surface area contributed by atoms with E-state index in [1.165, 1.54) is 27.6 Å². The molecule has 1 aromatic heterocycles. The van der Waals surface area contributed by atoms with Crippen LogP contribution in [-0.4, -0.2) is 36.0 Å². The number of aliphatic hydroxyl groups excluding tert-OH is 1. The normalized spacial score (nSPS) is 11.3. The number of aliphatic hydroxyl groups is 1. The number of fused-ring (bicyclic) bond motifs is 1. The van der Waals surface area contributed by atoms with Gasteiger partial charge in [-0.1, -0.05) is 42.5 Å². The third kappa shape index (κ3) is 4.48. The molecule has 0 unspecified atom stereocenters. The van der Waals surface area contributed by atoms with Gasteiger partial charge < -0.3 is 19.7 Å². The van der Waals surface area contributed by atoms with Crippen LogP contribution in [0.15, 0.2) is 54.7 Å². The van der Waals surface area contributed by atoms with Gasteiger partial charge in [-0.05, 0) is 29.7 Å². The second-order valence-electron chi connectivity index (χ2n) is 6.24. The Morgan fingerprint density at radius 3 is 2.64 bits per heavy atom. The first-order valence-corrected chi connectivity index (χ1v) is 8.80. The van der Waals surface area contributed by atoms with Crippen molar-refractivity contribution < 1.29 is 9.84 Å². The highest BCUT2D eigenvalue weighted by molar-refractivity contribution is 5.84. The molecule has 2 N–H and O–H groups in total. The predicted molar refractivity (Wildman–Crippen MR) is 102 cm³/mol. The summed E-state index contributed by atoms with van der Waals surface area (Å²) in [5, 5.41) is 13.4. The van der Waals surface area contributed by atoms with Crippen molar-refractivity contribution in [3.63, 3.8) is 0 Å². The van der Waals surface area contributed by atoms with E-state index in [2.05, 4.69) is 71.5 Å². The molecule has 0 saturated heterocycles. The molecule has 0 aliphatic carbocycles. The molecule has 0 spiro atoms. The van der Waals surface area contributed by atoms with Crippen molar-refractivity contribution in [1.29, 1.82) is 0 Å². The van der Waals surface area contributed by atoms with Crippen molar-refractivity contribution >= 4 is 10.9 Å². The van der Waals surface area contributed by atoms with Gasteiger partial charge >= 0.3 is 0 Å². The molecular weight excluding hydrogens is 312 g/mol. The van der Waals surface area contributed by atoms with Crippen molar-refractivity contribution in [2.45, 2.75) is 20.0 Å². The number of hydrogen-bond acceptors (Lipinski definition) is 3. The molecule has 4 nitrogen and oxygen atoms in total. The zero-order chi connectivity index (χ0) is 17.5. The van der Waals surface area contributed by atoms with E-state index in [0.29, 0.717) is 13.2 Å². The minimum absolute atomic E-state index is 0.0758. The number of hydrogen-bond donors (Lipinski definition) is 2. The highest BCUT2D eigenvalue weighted by atomic mass is 16.5. The number of aryl methyl sites for hydroxylation is 1. The summed E-state index contributed by atoms with van der Waals surface area (Å²) >= 11 is 0. The fourth-order valence-corrected chi connectivity index (χ4v) is 3.10. The van der Waals surface area contributed by atoms with Gasteiger partial charge in [-0.25, -0.2) is 0 Å². The molecule has 0 radical (unpaired) electrons. The Bertz CT molecular complexity index is 811. The van der Waals surface area contributed by atoms with E-state index in [1.807, 2.05) is 0 Å². The number of para-hydroxylation sites is 1. The molecule has 3 rings (SSSR count). The molecule has 25 heavy (non-hydrogen) atoms. The lowest BCUT2D eigenvalue weighted by molar-refractivity contribution is 0.0938. The highest BCUT2D eigenvalue weighted by Gasteiger charge is 2.09. The maximum Gasteiger partial charge on any atom is 0.0698 e. The first kappa shape index (κ1) is 17.7. The number of nitrogens with one attached hydrogen (secondary N) is 1. The fraction of sp³-hybridized carbons (Fsp3) is 0.333. The monoisotopic (exact) mass is 338 g/mol. The SMILES string of the molecule is Cc1ccccc1Cn1cc(CNCCOCCO)c2ccccc21. The third-order valence-corrected chi connectivity index (χ3v) is 4.45. The van der Waals surface area contributed by atoms with Gasteiger partial charge in [0.2, 0.25) is 0 Å². The molecule has 0 bridgehead atoms. The lowest BCUT2D eigenvalue weighted by Crippen LogP contribution is -2.19. The molecule has 0 aliphatic rings. The van der Waals surface area contributed by atoms with Crippen molar-refractivity contribution in [1.82, 2.24) is 9.88 Å². The van der Waals surface area contributed by atoms with E-state index >= 15 is 0 Å². The zero-order valence-corrected chi connectivity index (χ0v) is 14.7.